The van der Waals surface area contributed by atoms with Gasteiger partial charge in [-0.1, -0.05) is 12.1 Å². The second kappa shape index (κ2) is 6.91. The van der Waals surface area contributed by atoms with Crippen LogP contribution in [0.2, 0.25) is 0 Å². The maximum atomic E-state index is 11.7. The van der Waals surface area contributed by atoms with Gasteiger partial charge in [0, 0.05) is 13.1 Å². The molecule has 1 aliphatic heterocycles. The zero-order chi connectivity index (χ0) is 14.4. The number of nitrogens with two attached hydrogens (primary N) is 1. The first-order valence-corrected chi connectivity index (χ1v) is 6.68. The lowest BCUT2D eigenvalue weighted by Gasteiger charge is -2.22. The van der Waals surface area contributed by atoms with E-state index < -0.39 is 6.04 Å². The smallest absolute Gasteiger partial charge is 0.258 e. The quantitative estimate of drug-likeness (QED) is 0.701. The van der Waals surface area contributed by atoms with E-state index in [9.17, 15) is 9.59 Å². The molecular weight excluding hydrogens is 258 g/mol. The van der Waals surface area contributed by atoms with Crippen molar-refractivity contribution in [1.82, 2.24) is 10.6 Å². The predicted octanol–water partition coefficient (Wildman–Crippen LogP) is -0.0811. The van der Waals surface area contributed by atoms with Gasteiger partial charge in [0.25, 0.3) is 5.91 Å². The minimum atomic E-state index is -0.445. The average molecular weight is 277 g/mol. The zero-order valence-electron chi connectivity index (χ0n) is 11.2. The number of carbonyl (C=O) groups excluding carboxylic acids is 2. The van der Waals surface area contributed by atoms with Crippen LogP contribution in [0.3, 0.4) is 0 Å². The van der Waals surface area contributed by atoms with Crippen LogP contribution in [0, 0.1) is 0 Å². The summed E-state index contributed by atoms with van der Waals surface area (Å²) in [6, 6.07) is 6.79. The van der Waals surface area contributed by atoms with Gasteiger partial charge in [-0.3, -0.25) is 9.59 Å². The maximum absolute atomic E-state index is 11.7. The molecule has 0 bridgehead atoms. The Morgan fingerprint density at radius 1 is 1.40 bits per heavy atom. The molecule has 1 unspecified atom stereocenters. The van der Waals surface area contributed by atoms with Gasteiger partial charge in [-0.15, -0.1) is 0 Å². The van der Waals surface area contributed by atoms with Crippen molar-refractivity contribution in [3.05, 3.63) is 29.8 Å². The molecule has 0 aliphatic carbocycles. The standard InChI is InChI=1S/C14H19N3O3/c15-8-10-3-5-11(6-4-10)20-9-13(18)17-12-2-1-7-16-14(12)19/h3-6,12H,1-2,7-9,15H2,(H,16,19)(H,17,18). The highest BCUT2D eigenvalue weighted by Crippen LogP contribution is 2.11. The third-order valence-corrected chi connectivity index (χ3v) is 3.15. The molecule has 1 fully saturated rings. The molecule has 1 aliphatic rings. The molecule has 0 spiro atoms. The molecule has 1 aromatic rings. The van der Waals surface area contributed by atoms with Crippen LogP contribution in [0.4, 0.5) is 0 Å². The van der Waals surface area contributed by atoms with E-state index >= 15 is 0 Å². The van der Waals surface area contributed by atoms with Crippen LogP contribution in [0.25, 0.3) is 0 Å². The van der Waals surface area contributed by atoms with Gasteiger partial charge in [0.05, 0.1) is 0 Å². The maximum Gasteiger partial charge on any atom is 0.258 e. The van der Waals surface area contributed by atoms with Gasteiger partial charge in [0.2, 0.25) is 5.91 Å². The molecule has 0 radical (unpaired) electrons. The monoisotopic (exact) mass is 277 g/mol. The summed E-state index contributed by atoms with van der Waals surface area (Å²) in [4.78, 5) is 23.2. The van der Waals surface area contributed by atoms with Gasteiger partial charge < -0.3 is 21.1 Å². The first-order valence-electron chi connectivity index (χ1n) is 6.68. The first-order chi connectivity index (χ1) is 9.69. The topological polar surface area (TPSA) is 93.4 Å². The number of hydrogen-bond acceptors (Lipinski definition) is 4. The van der Waals surface area contributed by atoms with Gasteiger partial charge in [0.1, 0.15) is 11.8 Å². The highest BCUT2D eigenvalue weighted by molar-refractivity contribution is 5.88. The Hall–Kier alpha value is -2.08. The minimum Gasteiger partial charge on any atom is -0.484 e. The summed E-state index contributed by atoms with van der Waals surface area (Å²) in [6.07, 6.45) is 1.54. The van der Waals surface area contributed by atoms with Crippen LogP contribution in [0.1, 0.15) is 18.4 Å². The van der Waals surface area contributed by atoms with Crippen molar-refractivity contribution >= 4 is 11.8 Å². The molecule has 2 amide bonds. The van der Waals surface area contributed by atoms with Crippen molar-refractivity contribution < 1.29 is 14.3 Å². The lowest BCUT2D eigenvalue weighted by Crippen LogP contribution is -2.51. The third-order valence-electron chi connectivity index (χ3n) is 3.15. The van der Waals surface area contributed by atoms with E-state index in [0.29, 0.717) is 25.3 Å². The molecule has 1 heterocycles. The van der Waals surface area contributed by atoms with Crippen molar-refractivity contribution in [2.45, 2.75) is 25.4 Å². The Bertz CT molecular complexity index is 473. The highest BCUT2D eigenvalue weighted by Gasteiger charge is 2.23. The molecular formula is C14H19N3O3. The molecule has 4 N–H and O–H groups in total. The van der Waals surface area contributed by atoms with E-state index in [-0.39, 0.29) is 18.4 Å². The third kappa shape index (κ3) is 3.96. The molecule has 0 saturated carbocycles. The van der Waals surface area contributed by atoms with Crippen LogP contribution in [-0.4, -0.2) is 31.0 Å². The van der Waals surface area contributed by atoms with Crippen molar-refractivity contribution in [3.8, 4) is 5.75 Å². The van der Waals surface area contributed by atoms with E-state index in [2.05, 4.69) is 10.6 Å². The van der Waals surface area contributed by atoms with Gasteiger partial charge in [0.15, 0.2) is 6.61 Å². The number of amides is 2. The van der Waals surface area contributed by atoms with Gasteiger partial charge in [-0.25, -0.2) is 0 Å². The Balaban J connectivity index is 1.77. The van der Waals surface area contributed by atoms with Crippen LogP contribution in [0.5, 0.6) is 5.75 Å². The average Bonchev–Trinajstić information content (AvgIpc) is 2.48. The van der Waals surface area contributed by atoms with Gasteiger partial charge in [-0.2, -0.15) is 0 Å². The molecule has 108 valence electrons. The fourth-order valence-corrected chi connectivity index (χ4v) is 2.02. The van der Waals surface area contributed by atoms with Gasteiger partial charge in [-0.05, 0) is 30.5 Å². The second-order valence-electron chi connectivity index (χ2n) is 4.69. The second-order valence-corrected chi connectivity index (χ2v) is 4.69. The number of hydrogen-bond donors (Lipinski definition) is 3. The summed E-state index contributed by atoms with van der Waals surface area (Å²) in [5.74, 6) is 0.178. The van der Waals surface area contributed by atoms with Gasteiger partial charge >= 0.3 is 0 Å². The van der Waals surface area contributed by atoms with E-state index in [1.165, 1.54) is 0 Å². The highest BCUT2D eigenvalue weighted by atomic mass is 16.5. The summed E-state index contributed by atoms with van der Waals surface area (Å²) in [6.45, 7) is 1.04. The lowest BCUT2D eigenvalue weighted by molar-refractivity contribution is -0.131. The molecule has 0 aromatic heterocycles. The predicted molar refractivity (Wildman–Crippen MR) is 74.0 cm³/mol. The summed E-state index contributed by atoms with van der Waals surface area (Å²) >= 11 is 0. The van der Waals surface area contributed by atoms with E-state index in [1.807, 2.05) is 12.1 Å². The molecule has 1 aromatic carbocycles. The van der Waals surface area contributed by atoms with Crippen molar-refractivity contribution in [2.75, 3.05) is 13.2 Å². The van der Waals surface area contributed by atoms with Crippen LogP contribution in [-0.2, 0) is 16.1 Å². The van der Waals surface area contributed by atoms with Crippen LogP contribution < -0.4 is 21.1 Å². The first kappa shape index (κ1) is 14.3. The summed E-state index contributed by atoms with van der Waals surface area (Å²) in [5.41, 5.74) is 6.50. The van der Waals surface area contributed by atoms with Crippen molar-refractivity contribution in [2.24, 2.45) is 5.73 Å². The zero-order valence-corrected chi connectivity index (χ0v) is 11.2. The number of carbonyl (C=O) groups is 2. The molecule has 6 heteroatoms. The van der Waals surface area contributed by atoms with E-state index in [0.717, 1.165) is 12.0 Å². The summed E-state index contributed by atoms with van der Waals surface area (Å²) in [5, 5.41) is 5.38. The molecule has 6 nitrogen and oxygen atoms in total. The number of ether oxygens (including phenoxy) is 1. The normalized spacial score (nSPS) is 18.2. The Morgan fingerprint density at radius 3 is 2.80 bits per heavy atom. The Morgan fingerprint density at radius 2 is 2.15 bits per heavy atom. The van der Waals surface area contributed by atoms with Crippen molar-refractivity contribution in [1.29, 1.82) is 0 Å². The number of benzene rings is 1. The summed E-state index contributed by atoms with van der Waals surface area (Å²) in [7, 11) is 0. The number of nitrogens with one attached hydrogen (secondary N) is 2. The van der Waals surface area contributed by atoms with Crippen molar-refractivity contribution in [3.63, 3.8) is 0 Å². The number of piperidine rings is 1. The van der Waals surface area contributed by atoms with E-state index in [4.69, 9.17) is 10.5 Å². The summed E-state index contributed by atoms with van der Waals surface area (Å²) < 4.78 is 5.36. The number of rotatable bonds is 5. The Kier molecular flexibility index (Phi) is 4.95. The largest absolute Gasteiger partial charge is 0.484 e. The van der Waals surface area contributed by atoms with Crippen LogP contribution in [0.15, 0.2) is 24.3 Å². The Labute approximate surface area is 117 Å². The molecule has 2 rings (SSSR count). The van der Waals surface area contributed by atoms with Crippen LogP contribution >= 0.6 is 0 Å². The fourth-order valence-electron chi connectivity index (χ4n) is 2.02. The van der Waals surface area contributed by atoms with E-state index in [1.54, 1.807) is 12.1 Å². The molecule has 1 atom stereocenters. The lowest BCUT2D eigenvalue weighted by atomic mass is 10.1. The molecule has 20 heavy (non-hydrogen) atoms. The molecule has 1 saturated heterocycles. The fraction of sp³-hybridized carbons (Fsp3) is 0.429. The SMILES string of the molecule is NCc1ccc(OCC(=O)NC2CCCNC2=O)cc1. The minimum absolute atomic E-state index is 0.105.